The SMILES string of the molecule is CC(=O)NCCNCCc1ccccc1C. The molecule has 0 aliphatic rings. The fourth-order valence-electron chi connectivity index (χ4n) is 1.57. The number of amides is 1. The van der Waals surface area contributed by atoms with Crippen LogP contribution in [-0.4, -0.2) is 25.5 Å². The third kappa shape index (κ3) is 4.94. The maximum atomic E-state index is 10.6. The number of nitrogens with one attached hydrogen (secondary N) is 2. The van der Waals surface area contributed by atoms with Crippen LogP contribution in [0.3, 0.4) is 0 Å². The van der Waals surface area contributed by atoms with Crippen molar-refractivity contribution < 1.29 is 4.79 Å². The van der Waals surface area contributed by atoms with Gasteiger partial charge in [0, 0.05) is 20.0 Å². The van der Waals surface area contributed by atoms with Crippen molar-refractivity contribution in [1.82, 2.24) is 10.6 Å². The van der Waals surface area contributed by atoms with Crippen molar-refractivity contribution in [2.45, 2.75) is 20.3 Å². The first kappa shape index (κ1) is 12.7. The summed E-state index contributed by atoms with van der Waals surface area (Å²) in [6, 6.07) is 8.42. The van der Waals surface area contributed by atoms with Crippen LogP contribution in [-0.2, 0) is 11.2 Å². The third-order valence-corrected chi connectivity index (χ3v) is 2.51. The van der Waals surface area contributed by atoms with Crippen LogP contribution in [0.15, 0.2) is 24.3 Å². The van der Waals surface area contributed by atoms with Crippen molar-refractivity contribution in [2.75, 3.05) is 19.6 Å². The molecule has 0 fully saturated rings. The van der Waals surface area contributed by atoms with Gasteiger partial charge in [-0.05, 0) is 31.0 Å². The molecule has 0 saturated heterocycles. The van der Waals surface area contributed by atoms with Crippen molar-refractivity contribution in [3.05, 3.63) is 35.4 Å². The first-order valence-corrected chi connectivity index (χ1v) is 5.70. The van der Waals surface area contributed by atoms with E-state index in [1.165, 1.54) is 18.1 Å². The lowest BCUT2D eigenvalue weighted by atomic mass is 10.1. The summed E-state index contributed by atoms with van der Waals surface area (Å²) in [4.78, 5) is 10.6. The Morgan fingerprint density at radius 3 is 2.62 bits per heavy atom. The van der Waals surface area contributed by atoms with Crippen LogP contribution in [0.25, 0.3) is 0 Å². The summed E-state index contributed by atoms with van der Waals surface area (Å²) in [7, 11) is 0. The third-order valence-electron chi connectivity index (χ3n) is 2.51. The van der Waals surface area contributed by atoms with Gasteiger partial charge in [0.2, 0.25) is 5.91 Å². The lowest BCUT2D eigenvalue weighted by molar-refractivity contribution is -0.118. The average molecular weight is 220 g/mol. The molecule has 0 bridgehead atoms. The quantitative estimate of drug-likeness (QED) is 0.709. The van der Waals surface area contributed by atoms with Crippen molar-refractivity contribution in [1.29, 1.82) is 0 Å². The predicted molar refractivity (Wildman–Crippen MR) is 66.4 cm³/mol. The molecule has 1 amide bonds. The molecule has 1 aromatic carbocycles. The van der Waals surface area contributed by atoms with Crippen LogP contribution < -0.4 is 10.6 Å². The van der Waals surface area contributed by atoms with Gasteiger partial charge in [-0.1, -0.05) is 24.3 Å². The smallest absolute Gasteiger partial charge is 0.216 e. The largest absolute Gasteiger partial charge is 0.355 e. The fourth-order valence-corrected chi connectivity index (χ4v) is 1.57. The van der Waals surface area contributed by atoms with E-state index in [1.54, 1.807) is 0 Å². The minimum absolute atomic E-state index is 0.0284. The van der Waals surface area contributed by atoms with E-state index in [1.807, 2.05) is 0 Å². The van der Waals surface area contributed by atoms with Gasteiger partial charge in [0.05, 0.1) is 0 Å². The Morgan fingerprint density at radius 1 is 1.19 bits per heavy atom. The van der Waals surface area contributed by atoms with Gasteiger partial charge in [0.15, 0.2) is 0 Å². The molecule has 16 heavy (non-hydrogen) atoms. The molecule has 0 heterocycles. The van der Waals surface area contributed by atoms with E-state index >= 15 is 0 Å². The summed E-state index contributed by atoms with van der Waals surface area (Å²) in [5.74, 6) is 0.0284. The molecule has 0 aromatic heterocycles. The van der Waals surface area contributed by atoms with Crippen LogP contribution in [0.2, 0.25) is 0 Å². The number of carbonyl (C=O) groups excluding carboxylic acids is 1. The van der Waals surface area contributed by atoms with Crippen LogP contribution in [0.5, 0.6) is 0 Å². The Hall–Kier alpha value is -1.35. The van der Waals surface area contributed by atoms with Gasteiger partial charge in [0.25, 0.3) is 0 Å². The minimum atomic E-state index is 0.0284. The molecule has 0 aliphatic heterocycles. The molecule has 1 aromatic rings. The van der Waals surface area contributed by atoms with Crippen molar-refractivity contribution in [3.63, 3.8) is 0 Å². The van der Waals surface area contributed by atoms with E-state index in [-0.39, 0.29) is 5.91 Å². The Labute approximate surface area is 97.2 Å². The van der Waals surface area contributed by atoms with Gasteiger partial charge >= 0.3 is 0 Å². The standard InChI is InChI=1S/C13H20N2O/c1-11-5-3-4-6-13(11)7-8-14-9-10-15-12(2)16/h3-6,14H,7-10H2,1-2H3,(H,15,16). The fraction of sp³-hybridized carbons (Fsp3) is 0.462. The zero-order valence-corrected chi connectivity index (χ0v) is 10.0. The summed E-state index contributed by atoms with van der Waals surface area (Å²) < 4.78 is 0. The van der Waals surface area contributed by atoms with E-state index in [2.05, 4.69) is 41.8 Å². The second-order valence-corrected chi connectivity index (χ2v) is 3.91. The summed E-state index contributed by atoms with van der Waals surface area (Å²) >= 11 is 0. The van der Waals surface area contributed by atoms with Gasteiger partial charge in [0.1, 0.15) is 0 Å². The Morgan fingerprint density at radius 2 is 1.94 bits per heavy atom. The lowest BCUT2D eigenvalue weighted by Crippen LogP contribution is -2.31. The molecule has 0 spiro atoms. The van der Waals surface area contributed by atoms with E-state index < -0.39 is 0 Å². The van der Waals surface area contributed by atoms with Gasteiger partial charge < -0.3 is 10.6 Å². The highest BCUT2D eigenvalue weighted by Gasteiger charge is 1.96. The predicted octanol–water partition coefficient (Wildman–Crippen LogP) is 1.26. The Kier molecular flexibility index (Phi) is 5.57. The number of hydrogen-bond acceptors (Lipinski definition) is 2. The first-order chi connectivity index (χ1) is 7.70. The molecular formula is C13H20N2O. The van der Waals surface area contributed by atoms with Gasteiger partial charge in [-0.25, -0.2) is 0 Å². The van der Waals surface area contributed by atoms with Crippen LogP contribution in [0.1, 0.15) is 18.1 Å². The van der Waals surface area contributed by atoms with E-state index in [4.69, 9.17) is 0 Å². The minimum Gasteiger partial charge on any atom is -0.355 e. The molecule has 88 valence electrons. The topological polar surface area (TPSA) is 41.1 Å². The molecule has 1 rings (SSSR count). The van der Waals surface area contributed by atoms with Gasteiger partial charge in [-0.15, -0.1) is 0 Å². The highest BCUT2D eigenvalue weighted by molar-refractivity contribution is 5.72. The maximum Gasteiger partial charge on any atom is 0.216 e. The number of benzene rings is 1. The molecule has 2 N–H and O–H groups in total. The summed E-state index contributed by atoms with van der Waals surface area (Å²) in [5, 5.41) is 6.06. The van der Waals surface area contributed by atoms with Gasteiger partial charge in [-0.2, -0.15) is 0 Å². The maximum absolute atomic E-state index is 10.6. The molecular weight excluding hydrogens is 200 g/mol. The second-order valence-electron chi connectivity index (χ2n) is 3.91. The monoisotopic (exact) mass is 220 g/mol. The Bertz CT molecular complexity index is 336. The van der Waals surface area contributed by atoms with E-state index in [0.717, 1.165) is 19.5 Å². The number of rotatable bonds is 6. The van der Waals surface area contributed by atoms with Crippen LogP contribution >= 0.6 is 0 Å². The molecule has 3 heteroatoms. The first-order valence-electron chi connectivity index (χ1n) is 5.70. The Balaban J connectivity index is 2.12. The van der Waals surface area contributed by atoms with Crippen molar-refractivity contribution in [3.8, 4) is 0 Å². The molecule has 0 unspecified atom stereocenters. The van der Waals surface area contributed by atoms with Crippen molar-refractivity contribution >= 4 is 5.91 Å². The average Bonchev–Trinajstić information content (AvgIpc) is 2.25. The number of aryl methyl sites for hydroxylation is 1. The molecule has 0 saturated carbocycles. The summed E-state index contributed by atoms with van der Waals surface area (Å²) in [6.45, 7) is 6.14. The zero-order chi connectivity index (χ0) is 11.8. The summed E-state index contributed by atoms with van der Waals surface area (Å²) in [6.07, 6.45) is 1.03. The molecule has 0 radical (unpaired) electrons. The highest BCUT2D eigenvalue weighted by atomic mass is 16.1. The molecule has 0 atom stereocenters. The van der Waals surface area contributed by atoms with Gasteiger partial charge in [-0.3, -0.25) is 4.79 Å². The lowest BCUT2D eigenvalue weighted by Gasteiger charge is -2.07. The van der Waals surface area contributed by atoms with Crippen molar-refractivity contribution in [2.24, 2.45) is 0 Å². The normalized spacial score (nSPS) is 10.1. The zero-order valence-electron chi connectivity index (χ0n) is 10.0. The second kappa shape index (κ2) is 7.01. The molecule has 3 nitrogen and oxygen atoms in total. The van der Waals surface area contributed by atoms with E-state index in [9.17, 15) is 4.79 Å². The summed E-state index contributed by atoms with van der Waals surface area (Å²) in [5.41, 5.74) is 2.72. The van der Waals surface area contributed by atoms with Crippen LogP contribution in [0.4, 0.5) is 0 Å². The van der Waals surface area contributed by atoms with E-state index in [0.29, 0.717) is 6.54 Å². The number of carbonyl (C=O) groups is 1. The highest BCUT2D eigenvalue weighted by Crippen LogP contribution is 2.06. The number of hydrogen-bond donors (Lipinski definition) is 2. The van der Waals surface area contributed by atoms with Crippen LogP contribution in [0, 0.1) is 6.92 Å². The molecule has 0 aliphatic carbocycles.